The molecule has 1 saturated heterocycles. The lowest BCUT2D eigenvalue weighted by atomic mass is 10.00. The van der Waals surface area contributed by atoms with Crippen LogP contribution in [0.25, 0.3) is 0 Å². The van der Waals surface area contributed by atoms with Crippen molar-refractivity contribution in [2.75, 3.05) is 11.4 Å². The molecule has 0 spiro atoms. The van der Waals surface area contributed by atoms with Crippen LogP contribution in [0.1, 0.15) is 19.4 Å². The molecule has 5 nitrogen and oxygen atoms in total. The summed E-state index contributed by atoms with van der Waals surface area (Å²) in [4.78, 5) is 29.6. The van der Waals surface area contributed by atoms with Crippen molar-refractivity contribution < 1.29 is 9.59 Å². The molecule has 5 heteroatoms. The molecule has 2 heterocycles. The maximum absolute atomic E-state index is 12.3. The molecule has 1 atom stereocenters. The van der Waals surface area contributed by atoms with Crippen LogP contribution in [0.3, 0.4) is 0 Å². The highest BCUT2D eigenvalue weighted by Crippen LogP contribution is 2.22. The molecule has 96 valence electrons. The number of rotatable bonds is 2. The largest absolute Gasteiger partial charge is 0.342 e. The van der Waals surface area contributed by atoms with Crippen molar-refractivity contribution in [2.24, 2.45) is 5.92 Å². The number of aromatic nitrogens is 1. The van der Waals surface area contributed by atoms with Gasteiger partial charge in [0.15, 0.2) is 0 Å². The normalized spacial score (nSPS) is 20.2. The van der Waals surface area contributed by atoms with E-state index >= 15 is 0 Å². The van der Waals surface area contributed by atoms with Crippen LogP contribution in [-0.2, 0) is 9.59 Å². The minimum absolute atomic E-state index is 0.0641. The van der Waals surface area contributed by atoms with E-state index in [4.69, 9.17) is 0 Å². The van der Waals surface area contributed by atoms with Crippen LogP contribution in [0.4, 0.5) is 5.69 Å². The van der Waals surface area contributed by atoms with Crippen molar-refractivity contribution in [3.63, 3.8) is 0 Å². The highest BCUT2D eigenvalue weighted by atomic mass is 16.2. The van der Waals surface area contributed by atoms with Crippen molar-refractivity contribution in [1.82, 2.24) is 10.3 Å². The van der Waals surface area contributed by atoms with Crippen LogP contribution < -0.4 is 10.2 Å². The number of carbonyl (C=O) groups is 2. The number of amides is 2. The van der Waals surface area contributed by atoms with E-state index < -0.39 is 6.04 Å². The lowest BCUT2D eigenvalue weighted by molar-refractivity contribution is -0.132. The second-order valence-electron chi connectivity index (χ2n) is 4.88. The van der Waals surface area contributed by atoms with Crippen molar-refractivity contribution in [3.05, 3.63) is 24.0 Å². The molecule has 1 N–H and O–H groups in total. The van der Waals surface area contributed by atoms with E-state index in [1.54, 1.807) is 12.4 Å². The Labute approximate surface area is 106 Å². The average molecular weight is 247 g/mol. The second kappa shape index (κ2) is 4.76. The molecule has 0 saturated carbocycles. The van der Waals surface area contributed by atoms with Gasteiger partial charge in [0.2, 0.25) is 11.8 Å². The maximum Gasteiger partial charge on any atom is 0.250 e. The monoisotopic (exact) mass is 247 g/mol. The van der Waals surface area contributed by atoms with E-state index in [0.29, 0.717) is 5.69 Å². The number of hydrogen-bond donors (Lipinski definition) is 1. The molecule has 2 rings (SSSR count). The van der Waals surface area contributed by atoms with Crippen LogP contribution in [0.2, 0.25) is 0 Å². The van der Waals surface area contributed by atoms with Crippen LogP contribution in [0.15, 0.2) is 18.5 Å². The molecule has 1 aliphatic rings. The highest BCUT2D eigenvalue weighted by Gasteiger charge is 2.35. The van der Waals surface area contributed by atoms with Gasteiger partial charge >= 0.3 is 0 Å². The molecule has 18 heavy (non-hydrogen) atoms. The fourth-order valence-electron chi connectivity index (χ4n) is 2.06. The Morgan fingerprint density at radius 3 is 2.78 bits per heavy atom. The summed E-state index contributed by atoms with van der Waals surface area (Å²) in [6, 6.07) is 1.38. The van der Waals surface area contributed by atoms with Crippen LogP contribution in [-0.4, -0.2) is 29.4 Å². The quantitative estimate of drug-likeness (QED) is 0.843. The SMILES string of the molecule is Cc1ccncc1N1CC(=O)NC(C(C)C)C1=O. The van der Waals surface area contributed by atoms with E-state index in [2.05, 4.69) is 10.3 Å². The third kappa shape index (κ3) is 2.20. The highest BCUT2D eigenvalue weighted by molar-refractivity contribution is 6.06. The van der Waals surface area contributed by atoms with Crippen molar-refractivity contribution in [2.45, 2.75) is 26.8 Å². The zero-order valence-electron chi connectivity index (χ0n) is 10.8. The maximum atomic E-state index is 12.3. The van der Waals surface area contributed by atoms with Gasteiger partial charge in [-0.05, 0) is 24.5 Å². The summed E-state index contributed by atoms with van der Waals surface area (Å²) in [5.74, 6) is -0.126. The molecular weight excluding hydrogens is 230 g/mol. The van der Waals surface area contributed by atoms with E-state index in [1.807, 2.05) is 26.8 Å². The fourth-order valence-corrected chi connectivity index (χ4v) is 2.06. The van der Waals surface area contributed by atoms with Gasteiger partial charge in [0.1, 0.15) is 12.6 Å². The summed E-state index contributed by atoms with van der Waals surface area (Å²) in [6.07, 6.45) is 3.30. The number of aryl methyl sites for hydroxylation is 1. The fraction of sp³-hybridized carbons (Fsp3) is 0.462. The first-order valence-corrected chi connectivity index (χ1v) is 6.02. The lowest BCUT2D eigenvalue weighted by Crippen LogP contribution is -2.60. The Hall–Kier alpha value is -1.91. The van der Waals surface area contributed by atoms with Gasteiger partial charge in [-0.2, -0.15) is 0 Å². The van der Waals surface area contributed by atoms with Gasteiger partial charge in [-0.25, -0.2) is 0 Å². The minimum atomic E-state index is -0.453. The lowest BCUT2D eigenvalue weighted by Gasteiger charge is -2.34. The van der Waals surface area contributed by atoms with Gasteiger partial charge in [-0.1, -0.05) is 13.8 Å². The second-order valence-corrected chi connectivity index (χ2v) is 4.88. The van der Waals surface area contributed by atoms with E-state index in [9.17, 15) is 9.59 Å². The summed E-state index contributed by atoms with van der Waals surface area (Å²) >= 11 is 0. The van der Waals surface area contributed by atoms with Crippen LogP contribution >= 0.6 is 0 Å². The first kappa shape index (κ1) is 12.5. The smallest absolute Gasteiger partial charge is 0.250 e. The molecule has 0 radical (unpaired) electrons. The molecule has 0 aliphatic carbocycles. The number of carbonyl (C=O) groups excluding carboxylic acids is 2. The molecule has 0 aromatic carbocycles. The number of hydrogen-bond acceptors (Lipinski definition) is 3. The third-order valence-corrected chi connectivity index (χ3v) is 3.12. The number of piperazine rings is 1. The van der Waals surface area contributed by atoms with Crippen molar-refractivity contribution >= 4 is 17.5 Å². The Bertz CT molecular complexity index is 485. The predicted octanol–water partition coefficient (Wildman–Crippen LogP) is 0.877. The molecule has 1 aromatic rings. The number of nitrogens with zero attached hydrogens (tertiary/aromatic N) is 2. The van der Waals surface area contributed by atoms with E-state index in [1.165, 1.54) is 4.90 Å². The van der Waals surface area contributed by atoms with Gasteiger partial charge in [0.25, 0.3) is 0 Å². The van der Waals surface area contributed by atoms with E-state index in [0.717, 1.165) is 5.56 Å². The Morgan fingerprint density at radius 2 is 2.17 bits per heavy atom. The minimum Gasteiger partial charge on any atom is -0.342 e. The number of anilines is 1. The molecule has 1 aliphatic heterocycles. The molecule has 0 bridgehead atoms. The molecule has 1 unspecified atom stereocenters. The van der Waals surface area contributed by atoms with Crippen LogP contribution in [0, 0.1) is 12.8 Å². The van der Waals surface area contributed by atoms with Gasteiger partial charge in [-0.3, -0.25) is 19.5 Å². The summed E-state index contributed by atoms with van der Waals surface area (Å²) in [6.45, 7) is 5.81. The third-order valence-electron chi connectivity index (χ3n) is 3.12. The first-order valence-electron chi connectivity index (χ1n) is 6.02. The van der Waals surface area contributed by atoms with Crippen LogP contribution in [0.5, 0.6) is 0 Å². The van der Waals surface area contributed by atoms with Crippen molar-refractivity contribution in [3.8, 4) is 0 Å². The Morgan fingerprint density at radius 1 is 1.44 bits per heavy atom. The molecule has 1 aromatic heterocycles. The Kier molecular flexibility index (Phi) is 3.32. The predicted molar refractivity (Wildman–Crippen MR) is 68.1 cm³/mol. The van der Waals surface area contributed by atoms with Gasteiger partial charge in [0.05, 0.1) is 11.9 Å². The standard InChI is InChI=1S/C13H17N3O2/c1-8(2)12-13(18)16(7-11(17)15-12)10-6-14-5-4-9(10)3/h4-6,8,12H,7H2,1-3H3,(H,15,17). The van der Waals surface area contributed by atoms with Gasteiger partial charge in [0, 0.05) is 6.20 Å². The zero-order valence-corrected chi connectivity index (χ0v) is 10.8. The zero-order chi connectivity index (χ0) is 13.3. The molecule has 1 fully saturated rings. The summed E-state index contributed by atoms with van der Waals surface area (Å²) in [5.41, 5.74) is 1.65. The molecule has 2 amide bonds. The Balaban J connectivity index is 2.35. The number of pyridine rings is 1. The van der Waals surface area contributed by atoms with Gasteiger partial charge < -0.3 is 5.32 Å². The van der Waals surface area contributed by atoms with Crippen molar-refractivity contribution in [1.29, 1.82) is 0 Å². The summed E-state index contributed by atoms with van der Waals surface area (Å²) < 4.78 is 0. The summed E-state index contributed by atoms with van der Waals surface area (Å²) in [5, 5.41) is 2.73. The average Bonchev–Trinajstić information content (AvgIpc) is 2.32. The van der Waals surface area contributed by atoms with E-state index in [-0.39, 0.29) is 24.3 Å². The van der Waals surface area contributed by atoms with Gasteiger partial charge in [-0.15, -0.1) is 0 Å². The first-order chi connectivity index (χ1) is 8.50. The summed E-state index contributed by atoms with van der Waals surface area (Å²) in [7, 11) is 0. The number of nitrogens with one attached hydrogen (secondary N) is 1. The molecular formula is C13H17N3O2. The topological polar surface area (TPSA) is 62.3 Å².